The Balaban J connectivity index is 2.18. The molecule has 98 valence electrons. The fourth-order valence-electron chi connectivity index (χ4n) is 2.00. The van der Waals surface area contributed by atoms with Crippen LogP contribution < -0.4 is 16.4 Å². The molecule has 1 aliphatic rings. The van der Waals surface area contributed by atoms with E-state index in [4.69, 9.17) is 27.8 Å². The first-order chi connectivity index (χ1) is 8.61. The Bertz CT molecular complexity index is 453. The molecule has 1 amide bonds. The Kier molecular flexibility index (Phi) is 4.06. The van der Waals surface area contributed by atoms with Gasteiger partial charge in [0.25, 0.3) is 0 Å². The van der Waals surface area contributed by atoms with E-state index in [2.05, 4.69) is 4.90 Å². The topological polar surface area (TPSA) is 81.6 Å². The number of hydrogen-bond donors (Lipinski definition) is 2. The SMILES string of the molecule is NCC1CN(c2ccc(C(N)=O)c(Cl)c2)CCO1. The number of amides is 1. The smallest absolute Gasteiger partial charge is 0.250 e. The van der Waals surface area contributed by atoms with Gasteiger partial charge in [-0.05, 0) is 18.2 Å². The molecule has 6 heteroatoms. The van der Waals surface area contributed by atoms with E-state index in [-0.39, 0.29) is 6.10 Å². The lowest BCUT2D eigenvalue weighted by Gasteiger charge is -2.34. The van der Waals surface area contributed by atoms with Gasteiger partial charge >= 0.3 is 0 Å². The van der Waals surface area contributed by atoms with Crippen LogP contribution in [0.25, 0.3) is 0 Å². The van der Waals surface area contributed by atoms with Crippen LogP contribution in [0.1, 0.15) is 10.4 Å². The fourth-order valence-corrected chi connectivity index (χ4v) is 2.26. The van der Waals surface area contributed by atoms with Crippen LogP contribution in [-0.2, 0) is 4.74 Å². The number of hydrogen-bond acceptors (Lipinski definition) is 4. The van der Waals surface area contributed by atoms with E-state index in [1.807, 2.05) is 6.07 Å². The second kappa shape index (κ2) is 5.56. The maximum atomic E-state index is 11.1. The number of rotatable bonds is 3. The Hall–Kier alpha value is -1.30. The highest BCUT2D eigenvalue weighted by atomic mass is 35.5. The van der Waals surface area contributed by atoms with E-state index in [1.165, 1.54) is 0 Å². The van der Waals surface area contributed by atoms with Gasteiger partial charge in [0.05, 0.1) is 23.3 Å². The summed E-state index contributed by atoms with van der Waals surface area (Å²) >= 11 is 6.03. The molecule has 0 bridgehead atoms. The molecule has 2 rings (SSSR count). The average Bonchev–Trinajstić information content (AvgIpc) is 2.38. The van der Waals surface area contributed by atoms with Crippen LogP contribution in [0.15, 0.2) is 18.2 Å². The molecule has 0 spiro atoms. The largest absolute Gasteiger partial charge is 0.373 e. The van der Waals surface area contributed by atoms with Gasteiger partial charge in [-0.15, -0.1) is 0 Å². The third kappa shape index (κ3) is 2.75. The van der Waals surface area contributed by atoms with Crippen molar-refractivity contribution in [3.05, 3.63) is 28.8 Å². The lowest BCUT2D eigenvalue weighted by molar-refractivity contribution is 0.0465. The zero-order valence-electron chi connectivity index (χ0n) is 9.93. The van der Waals surface area contributed by atoms with E-state index in [1.54, 1.807) is 12.1 Å². The highest BCUT2D eigenvalue weighted by Crippen LogP contribution is 2.24. The summed E-state index contributed by atoms with van der Waals surface area (Å²) in [5.74, 6) is -0.520. The molecule has 0 saturated carbocycles. The van der Waals surface area contributed by atoms with Crippen molar-refractivity contribution in [1.29, 1.82) is 0 Å². The summed E-state index contributed by atoms with van der Waals surface area (Å²) in [7, 11) is 0. The second-order valence-corrected chi connectivity index (χ2v) is 4.61. The van der Waals surface area contributed by atoms with Gasteiger partial charge in [-0.3, -0.25) is 4.79 Å². The molecule has 4 N–H and O–H groups in total. The molecule has 1 fully saturated rings. The van der Waals surface area contributed by atoms with Crippen LogP contribution in [0.5, 0.6) is 0 Å². The number of primary amides is 1. The molecule has 0 aliphatic carbocycles. The number of carbonyl (C=O) groups is 1. The van der Waals surface area contributed by atoms with Crippen LogP contribution in [0.2, 0.25) is 5.02 Å². The Morgan fingerprint density at radius 2 is 2.33 bits per heavy atom. The Morgan fingerprint density at radius 3 is 2.94 bits per heavy atom. The van der Waals surface area contributed by atoms with Crippen LogP contribution in [-0.4, -0.2) is 38.3 Å². The van der Waals surface area contributed by atoms with Crippen molar-refractivity contribution in [3.8, 4) is 0 Å². The van der Waals surface area contributed by atoms with E-state index in [0.717, 1.165) is 18.8 Å². The van der Waals surface area contributed by atoms with Gasteiger partial charge in [0.1, 0.15) is 0 Å². The number of ether oxygens (including phenoxy) is 1. The summed E-state index contributed by atoms with van der Waals surface area (Å²) < 4.78 is 5.50. The first-order valence-corrected chi connectivity index (χ1v) is 6.15. The zero-order chi connectivity index (χ0) is 13.1. The summed E-state index contributed by atoms with van der Waals surface area (Å²) in [5.41, 5.74) is 12.1. The van der Waals surface area contributed by atoms with Crippen molar-refractivity contribution in [3.63, 3.8) is 0 Å². The predicted octanol–water partition coefficient (Wildman–Crippen LogP) is 0.603. The van der Waals surface area contributed by atoms with Crippen molar-refractivity contribution < 1.29 is 9.53 Å². The number of carbonyl (C=O) groups excluding carboxylic acids is 1. The van der Waals surface area contributed by atoms with Crippen LogP contribution in [0.4, 0.5) is 5.69 Å². The van der Waals surface area contributed by atoms with E-state index in [0.29, 0.717) is 23.7 Å². The molecule has 1 aliphatic heterocycles. The summed E-state index contributed by atoms with van der Waals surface area (Å²) in [5, 5.41) is 0.371. The third-order valence-electron chi connectivity index (χ3n) is 2.98. The van der Waals surface area contributed by atoms with E-state index >= 15 is 0 Å². The molecular formula is C12H16ClN3O2. The number of nitrogens with two attached hydrogens (primary N) is 2. The van der Waals surface area contributed by atoms with Gasteiger partial charge in [-0.25, -0.2) is 0 Å². The number of morpholine rings is 1. The number of benzene rings is 1. The number of halogens is 1. The third-order valence-corrected chi connectivity index (χ3v) is 3.30. The minimum atomic E-state index is -0.520. The maximum Gasteiger partial charge on any atom is 0.250 e. The number of nitrogens with zero attached hydrogens (tertiary/aromatic N) is 1. The normalized spacial score (nSPS) is 19.9. The Labute approximate surface area is 111 Å². The van der Waals surface area contributed by atoms with Crippen LogP contribution >= 0.6 is 11.6 Å². The first kappa shape index (κ1) is 13.1. The predicted molar refractivity (Wildman–Crippen MR) is 71.0 cm³/mol. The summed E-state index contributed by atoms with van der Waals surface area (Å²) in [4.78, 5) is 13.2. The molecule has 18 heavy (non-hydrogen) atoms. The van der Waals surface area contributed by atoms with Gasteiger partial charge in [0, 0.05) is 25.3 Å². The molecular weight excluding hydrogens is 254 g/mol. The van der Waals surface area contributed by atoms with E-state index in [9.17, 15) is 4.79 Å². The van der Waals surface area contributed by atoms with Gasteiger partial charge in [-0.1, -0.05) is 11.6 Å². The van der Waals surface area contributed by atoms with Gasteiger partial charge in [-0.2, -0.15) is 0 Å². The van der Waals surface area contributed by atoms with Gasteiger partial charge < -0.3 is 21.1 Å². The Morgan fingerprint density at radius 1 is 1.56 bits per heavy atom. The molecule has 1 saturated heterocycles. The second-order valence-electron chi connectivity index (χ2n) is 4.20. The van der Waals surface area contributed by atoms with Crippen molar-refractivity contribution in [1.82, 2.24) is 0 Å². The average molecular weight is 270 g/mol. The molecule has 1 unspecified atom stereocenters. The molecule has 5 nitrogen and oxygen atoms in total. The monoisotopic (exact) mass is 269 g/mol. The maximum absolute atomic E-state index is 11.1. The minimum Gasteiger partial charge on any atom is -0.373 e. The van der Waals surface area contributed by atoms with Crippen molar-refractivity contribution in [2.45, 2.75) is 6.10 Å². The quantitative estimate of drug-likeness (QED) is 0.842. The summed E-state index contributed by atoms with van der Waals surface area (Å²) in [6.45, 7) is 2.63. The van der Waals surface area contributed by atoms with Crippen molar-refractivity contribution in [2.24, 2.45) is 11.5 Å². The summed E-state index contributed by atoms with van der Waals surface area (Å²) in [6, 6.07) is 5.23. The van der Waals surface area contributed by atoms with Crippen LogP contribution in [0, 0.1) is 0 Å². The lowest BCUT2D eigenvalue weighted by Crippen LogP contribution is -2.45. The highest BCUT2D eigenvalue weighted by molar-refractivity contribution is 6.34. The van der Waals surface area contributed by atoms with Crippen LogP contribution in [0.3, 0.4) is 0 Å². The van der Waals surface area contributed by atoms with Crippen molar-refractivity contribution in [2.75, 3.05) is 31.1 Å². The standard InChI is InChI=1S/C12H16ClN3O2/c13-11-5-8(1-2-10(11)12(15)17)16-3-4-18-9(6-14)7-16/h1-2,5,9H,3-4,6-7,14H2,(H2,15,17). The van der Waals surface area contributed by atoms with Gasteiger partial charge in [0.2, 0.25) is 5.91 Å². The molecule has 0 aromatic heterocycles. The lowest BCUT2D eigenvalue weighted by atomic mass is 10.1. The van der Waals surface area contributed by atoms with Gasteiger partial charge in [0.15, 0.2) is 0 Å². The van der Waals surface area contributed by atoms with Crippen molar-refractivity contribution >= 4 is 23.2 Å². The highest BCUT2D eigenvalue weighted by Gasteiger charge is 2.20. The minimum absolute atomic E-state index is 0.0355. The zero-order valence-corrected chi connectivity index (χ0v) is 10.7. The van der Waals surface area contributed by atoms with E-state index < -0.39 is 5.91 Å². The molecule has 1 aromatic carbocycles. The number of anilines is 1. The summed E-state index contributed by atoms with van der Waals surface area (Å²) in [6.07, 6.45) is 0.0355. The molecule has 1 heterocycles. The molecule has 1 atom stereocenters. The first-order valence-electron chi connectivity index (χ1n) is 5.77. The fraction of sp³-hybridized carbons (Fsp3) is 0.417. The molecule has 0 radical (unpaired) electrons. The molecule has 1 aromatic rings.